The molecule has 30 heavy (non-hydrogen) atoms. The van der Waals surface area contributed by atoms with Crippen LogP contribution in [0, 0.1) is 17.8 Å². The summed E-state index contributed by atoms with van der Waals surface area (Å²) in [6, 6.07) is 3.48. The van der Waals surface area contributed by atoms with Gasteiger partial charge in [-0.3, -0.25) is 9.59 Å². The van der Waals surface area contributed by atoms with Crippen molar-refractivity contribution in [3.8, 4) is 0 Å². The van der Waals surface area contributed by atoms with Gasteiger partial charge >= 0.3 is 0 Å². The van der Waals surface area contributed by atoms with E-state index in [-0.39, 0.29) is 34.8 Å². The van der Waals surface area contributed by atoms with E-state index < -0.39 is 9.84 Å². The molecule has 1 saturated carbocycles. The van der Waals surface area contributed by atoms with E-state index in [4.69, 9.17) is 0 Å². The van der Waals surface area contributed by atoms with Gasteiger partial charge in [0.1, 0.15) is 0 Å². The Bertz CT molecular complexity index is 964. The third-order valence-corrected chi connectivity index (χ3v) is 8.51. The lowest BCUT2D eigenvalue weighted by atomic mass is 9.92. The molecule has 0 radical (unpaired) electrons. The number of anilines is 1. The van der Waals surface area contributed by atoms with Crippen molar-refractivity contribution in [2.24, 2.45) is 17.8 Å². The first-order valence-corrected chi connectivity index (χ1v) is 13.2. The second kappa shape index (κ2) is 8.26. The largest absolute Gasteiger partial charge is 0.342 e. The van der Waals surface area contributed by atoms with Crippen molar-refractivity contribution in [1.29, 1.82) is 0 Å². The average molecular weight is 497 g/mol. The number of amides is 2. The first-order chi connectivity index (χ1) is 14.2. The number of piperidine rings is 1. The van der Waals surface area contributed by atoms with Gasteiger partial charge < -0.3 is 9.80 Å². The zero-order valence-electron chi connectivity index (χ0n) is 17.6. The standard InChI is InChI=1S/C22H29BrN2O4S/c1-14-9-15(2)13-24(12-14)20(26)6-8-30(28,29)19-11-18(23)10-17-5-7-25(21(17)19)22(27)16-3-4-16/h10-11,14-16H,3-9,12-13H2,1-2H3/t14-,15+. The van der Waals surface area contributed by atoms with E-state index in [0.29, 0.717) is 48.1 Å². The van der Waals surface area contributed by atoms with E-state index in [9.17, 15) is 18.0 Å². The molecule has 1 aromatic rings. The fourth-order valence-electron chi connectivity index (χ4n) is 4.83. The molecule has 2 fully saturated rings. The Morgan fingerprint density at radius 2 is 1.80 bits per heavy atom. The third kappa shape index (κ3) is 4.44. The molecule has 0 spiro atoms. The molecule has 1 saturated heterocycles. The number of carbonyl (C=O) groups excluding carboxylic acids is 2. The quantitative estimate of drug-likeness (QED) is 0.625. The van der Waals surface area contributed by atoms with Gasteiger partial charge in [0.2, 0.25) is 11.8 Å². The first-order valence-electron chi connectivity index (χ1n) is 10.8. The van der Waals surface area contributed by atoms with Crippen molar-refractivity contribution in [1.82, 2.24) is 4.90 Å². The number of carbonyl (C=O) groups is 2. The average Bonchev–Trinajstić information content (AvgIpc) is 3.44. The number of rotatable bonds is 5. The number of hydrogen-bond acceptors (Lipinski definition) is 4. The summed E-state index contributed by atoms with van der Waals surface area (Å²) in [7, 11) is -3.71. The Morgan fingerprint density at radius 3 is 2.43 bits per heavy atom. The van der Waals surface area contributed by atoms with Crippen LogP contribution in [0.2, 0.25) is 0 Å². The normalized spacial score (nSPS) is 24.1. The first kappa shape index (κ1) is 21.8. The van der Waals surface area contributed by atoms with Crippen molar-refractivity contribution in [3.63, 3.8) is 0 Å². The van der Waals surface area contributed by atoms with Crippen LogP contribution in [0.25, 0.3) is 0 Å². The molecule has 2 aliphatic heterocycles. The van der Waals surface area contributed by atoms with Crippen LogP contribution in [0.5, 0.6) is 0 Å². The molecule has 4 rings (SSSR count). The molecular weight excluding hydrogens is 468 g/mol. The van der Waals surface area contributed by atoms with Crippen molar-refractivity contribution < 1.29 is 18.0 Å². The van der Waals surface area contributed by atoms with Crippen LogP contribution >= 0.6 is 15.9 Å². The lowest BCUT2D eigenvalue weighted by Crippen LogP contribution is -2.43. The Morgan fingerprint density at radius 1 is 1.13 bits per heavy atom. The summed E-state index contributed by atoms with van der Waals surface area (Å²) in [5.41, 5.74) is 1.41. The third-order valence-electron chi connectivity index (χ3n) is 6.33. The monoisotopic (exact) mass is 496 g/mol. The second-order valence-electron chi connectivity index (χ2n) is 9.24. The SMILES string of the molecule is C[C@@H]1C[C@H](C)CN(C(=O)CCS(=O)(=O)c2cc(Br)cc3c2N(C(=O)C2CC2)CC3)C1. The van der Waals surface area contributed by atoms with Crippen LogP contribution in [0.4, 0.5) is 5.69 Å². The minimum atomic E-state index is -3.71. The number of nitrogens with zero attached hydrogens (tertiary/aromatic N) is 2. The molecule has 2 heterocycles. The minimum Gasteiger partial charge on any atom is -0.342 e. The van der Waals surface area contributed by atoms with Gasteiger partial charge in [-0.25, -0.2) is 8.42 Å². The maximum absolute atomic E-state index is 13.3. The maximum Gasteiger partial charge on any atom is 0.230 e. The summed E-state index contributed by atoms with van der Waals surface area (Å²) in [4.78, 5) is 29.1. The number of benzene rings is 1. The van der Waals surface area contributed by atoms with Crippen LogP contribution in [-0.4, -0.2) is 50.5 Å². The second-order valence-corrected chi connectivity index (χ2v) is 12.2. The Hall–Kier alpha value is -1.41. The van der Waals surface area contributed by atoms with Crippen molar-refractivity contribution in [2.45, 2.75) is 50.8 Å². The highest BCUT2D eigenvalue weighted by atomic mass is 79.9. The fraction of sp³-hybridized carbons (Fsp3) is 0.636. The number of sulfone groups is 1. The molecule has 3 aliphatic rings. The number of halogens is 1. The van der Waals surface area contributed by atoms with Gasteiger partial charge in [-0.15, -0.1) is 0 Å². The van der Waals surface area contributed by atoms with E-state index >= 15 is 0 Å². The van der Waals surface area contributed by atoms with Crippen LogP contribution < -0.4 is 4.90 Å². The molecular formula is C22H29BrN2O4S. The topological polar surface area (TPSA) is 74.8 Å². The minimum absolute atomic E-state index is 0.0276. The van der Waals surface area contributed by atoms with Crippen LogP contribution in [0.3, 0.4) is 0 Å². The van der Waals surface area contributed by atoms with Gasteiger partial charge in [-0.1, -0.05) is 29.8 Å². The zero-order chi connectivity index (χ0) is 21.6. The van der Waals surface area contributed by atoms with Crippen molar-refractivity contribution in [2.75, 3.05) is 30.3 Å². The van der Waals surface area contributed by atoms with E-state index in [0.717, 1.165) is 24.8 Å². The van der Waals surface area contributed by atoms with Gasteiger partial charge in [0.15, 0.2) is 9.84 Å². The molecule has 8 heteroatoms. The molecule has 0 N–H and O–H groups in total. The Kier molecular flexibility index (Phi) is 6.01. The summed E-state index contributed by atoms with van der Waals surface area (Å²) in [5.74, 6) is 0.586. The Labute approximate surface area is 187 Å². The maximum atomic E-state index is 13.3. The van der Waals surface area contributed by atoms with E-state index in [1.807, 2.05) is 11.0 Å². The molecule has 2 atom stereocenters. The zero-order valence-corrected chi connectivity index (χ0v) is 20.0. The molecule has 1 aromatic carbocycles. The summed E-state index contributed by atoms with van der Waals surface area (Å²) >= 11 is 3.42. The van der Waals surface area contributed by atoms with E-state index in [2.05, 4.69) is 29.8 Å². The van der Waals surface area contributed by atoms with E-state index in [1.165, 1.54) is 0 Å². The number of likely N-dealkylation sites (tertiary alicyclic amines) is 1. The highest BCUT2D eigenvalue weighted by Gasteiger charge is 2.39. The van der Waals surface area contributed by atoms with Gasteiger partial charge in [-0.05, 0) is 55.2 Å². The molecule has 2 amide bonds. The highest BCUT2D eigenvalue weighted by molar-refractivity contribution is 9.10. The van der Waals surface area contributed by atoms with Gasteiger partial charge in [0, 0.05) is 36.4 Å². The number of fused-ring (bicyclic) bond motifs is 1. The van der Waals surface area contributed by atoms with Gasteiger partial charge in [-0.2, -0.15) is 0 Å². The van der Waals surface area contributed by atoms with Gasteiger partial charge in [0.25, 0.3) is 0 Å². The Balaban J connectivity index is 1.54. The molecule has 0 unspecified atom stereocenters. The van der Waals surface area contributed by atoms with Crippen LogP contribution in [0.15, 0.2) is 21.5 Å². The molecule has 164 valence electrons. The summed E-state index contributed by atoms with van der Waals surface area (Å²) in [6.07, 6.45) is 3.48. The van der Waals surface area contributed by atoms with Gasteiger partial charge in [0.05, 0.1) is 16.3 Å². The molecule has 0 aromatic heterocycles. The van der Waals surface area contributed by atoms with Crippen molar-refractivity contribution in [3.05, 3.63) is 22.2 Å². The molecule has 6 nitrogen and oxygen atoms in total. The van der Waals surface area contributed by atoms with Crippen molar-refractivity contribution >= 4 is 43.3 Å². The summed E-state index contributed by atoms with van der Waals surface area (Å²) < 4.78 is 27.3. The molecule has 0 bridgehead atoms. The van der Waals surface area contributed by atoms with Crippen LogP contribution in [0.1, 0.15) is 45.1 Å². The predicted molar refractivity (Wildman–Crippen MR) is 119 cm³/mol. The lowest BCUT2D eigenvalue weighted by molar-refractivity contribution is -0.133. The summed E-state index contributed by atoms with van der Waals surface area (Å²) in [5, 5.41) is 0. The van der Waals surface area contributed by atoms with Crippen LogP contribution in [-0.2, 0) is 25.8 Å². The number of hydrogen-bond donors (Lipinski definition) is 0. The smallest absolute Gasteiger partial charge is 0.230 e. The lowest BCUT2D eigenvalue weighted by Gasteiger charge is -2.35. The summed E-state index contributed by atoms with van der Waals surface area (Å²) in [6.45, 7) is 6.16. The fourth-order valence-corrected chi connectivity index (χ4v) is 7.00. The molecule has 1 aliphatic carbocycles. The highest BCUT2D eigenvalue weighted by Crippen LogP contribution is 2.41. The van der Waals surface area contributed by atoms with E-state index in [1.54, 1.807) is 11.0 Å². The predicted octanol–water partition coefficient (Wildman–Crippen LogP) is 3.42.